The van der Waals surface area contributed by atoms with Crippen LogP contribution in [0.15, 0.2) is 28.7 Å². The molecule has 0 saturated carbocycles. The number of ether oxygens (including phenoxy) is 1. The lowest BCUT2D eigenvalue weighted by atomic mass is 9.92. The van der Waals surface area contributed by atoms with Gasteiger partial charge in [0.1, 0.15) is 5.54 Å². The molecule has 2 unspecified atom stereocenters. The van der Waals surface area contributed by atoms with E-state index in [2.05, 4.69) is 28.2 Å². The Bertz CT molecular complexity index is 454. The van der Waals surface area contributed by atoms with Crippen LogP contribution in [0.1, 0.15) is 13.3 Å². The van der Waals surface area contributed by atoms with E-state index in [1.165, 1.54) is 7.11 Å². The number of benzene rings is 1. The molecule has 2 rings (SSSR count). The average Bonchev–Trinajstić information content (AvgIpc) is 2.71. The van der Waals surface area contributed by atoms with Crippen molar-refractivity contribution in [2.45, 2.75) is 24.1 Å². The zero-order valence-corrected chi connectivity index (χ0v) is 12.8. The van der Waals surface area contributed by atoms with Crippen molar-refractivity contribution in [3.05, 3.63) is 28.7 Å². The second-order valence-electron chi connectivity index (χ2n) is 4.36. The van der Waals surface area contributed by atoms with E-state index in [0.29, 0.717) is 0 Å². The van der Waals surface area contributed by atoms with E-state index in [1.807, 2.05) is 24.3 Å². The molecule has 0 radical (unpaired) electrons. The van der Waals surface area contributed by atoms with Crippen molar-refractivity contribution in [3.63, 3.8) is 0 Å². The summed E-state index contributed by atoms with van der Waals surface area (Å²) in [5, 5.41) is 3.57. The Hall–Kier alpha value is -0.680. The minimum atomic E-state index is -0.611. The molecule has 18 heavy (non-hydrogen) atoms. The molecule has 1 aliphatic rings. The number of hydrogen-bond acceptors (Lipinski definition) is 4. The maximum Gasteiger partial charge on any atom is 0.332 e. The van der Waals surface area contributed by atoms with Crippen LogP contribution in [0.5, 0.6) is 0 Å². The molecular formula is C13H16BrNO2S. The summed E-state index contributed by atoms with van der Waals surface area (Å²) >= 11 is 5.23. The third kappa shape index (κ3) is 2.52. The van der Waals surface area contributed by atoms with Gasteiger partial charge in [-0.2, -0.15) is 11.8 Å². The first kappa shape index (κ1) is 13.7. The quantitative estimate of drug-likeness (QED) is 0.863. The van der Waals surface area contributed by atoms with Crippen molar-refractivity contribution in [1.29, 1.82) is 0 Å². The summed E-state index contributed by atoms with van der Waals surface area (Å²) < 4.78 is 5.98. The van der Waals surface area contributed by atoms with E-state index in [-0.39, 0.29) is 11.2 Å². The summed E-state index contributed by atoms with van der Waals surface area (Å²) in [6.07, 6.45) is 0.790. The lowest BCUT2D eigenvalue weighted by molar-refractivity contribution is -0.145. The van der Waals surface area contributed by atoms with Crippen molar-refractivity contribution < 1.29 is 9.53 Å². The van der Waals surface area contributed by atoms with Crippen molar-refractivity contribution in [1.82, 2.24) is 0 Å². The number of esters is 1. The number of carbonyl (C=O) groups is 1. The summed E-state index contributed by atoms with van der Waals surface area (Å²) in [4.78, 5) is 12.1. The fraction of sp³-hybridized carbons (Fsp3) is 0.462. The maximum absolute atomic E-state index is 12.1. The molecule has 3 nitrogen and oxygen atoms in total. The van der Waals surface area contributed by atoms with Crippen LogP contribution < -0.4 is 5.32 Å². The van der Waals surface area contributed by atoms with Gasteiger partial charge in [-0.05, 0) is 30.4 Å². The molecule has 0 aromatic heterocycles. The van der Waals surface area contributed by atoms with Gasteiger partial charge < -0.3 is 10.1 Å². The summed E-state index contributed by atoms with van der Waals surface area (Å²) in [6, 6.07) is 7.85. The predicted octanol–water partition coefficient (Wildman–Crippen LogP) is 3.30. The van der Waals surface area contributed by atoms with E-state index in [0.717, 1.165) is 22.3 Å². The second kappa shape index (κ2) is 5.53. The molecule has 0 bridgehead atoms. The Morgan fingerprint density at radius 1 is 1.61 bits per heavy atom. The van der Waals surface area contributed by atoms with E-state index in [9.17, 15) is 4.79 Å². The zero-order chi connectivity index (χ0) is 13.2. The number of nitrogens with one attached hydrogen (secondary N) is 1. The number of rotatable bonds is 3. The summed E-state index contributed by atoms with van der Waals surface area (Å²) in [6.45, 7) is 2.07. The standard InChI is InChI=1S/C13H16BrNO2S/c1-9-13(6-7-18-9,12(16)17-2)15-11-5-3-4-10(14)8-11/h3-5,8-9,15H,6-7H2,1-2H3. The summed E-state index contributed by atoms with van der Waals surface area (Å²) in [7, 11) is 1.45. The van der Waals surface area contributed by atoms with E-state index < -0.39 is 5.54 Å². The Morgan fingerprint density at radius 2 is 2.39 bits per heavy atom. The van der Waals surface area contributed by atoms with Crippen LogP contribution in [0.4, 0.5) is 5.69 Å². The minimum Gasteiger partial charge on any atom is -0.467 e. The molecule has 0 spiro atoms. The summed E-state index contributed by atoms with van der Waals surface area (Å²) in [5.74, 6) is 0.789. The van der Waals surface area contributed by atoms with Gasteiger partial charge in [0.2, 0.25) is 0 Å². The zero-order valence-electron chi connectivity index (χ0n) is 10.4. The Morgan fingerprint density at radius 3 is 2.94 bits per heavy atom. The topological polar surface area (TPSA) is 38.3 Å². The molecule has 1 fully saturated rings. The predicted molar refractivity (Wildman–Crippen MR) is 79.0 cm³/mol. The van der Waals surface area contributed by atoms with Crippen LogP contribution in [-0.2, 0) is 9.53 Å². The third-order valence-electron chi connectivity index (χ3n) is 3.30. The average molecular weight is 330 g/mol. The summed E-state index contributed by atoms with van der Waals surface area (Å²) in [5.41, 5.74) is 0.323. The number of halogens is 1. The first-order chi connectivity index (χ1) is 8.58. The van der Waals surface area contributed by atoms with Crippen molar-refractivity contribution in [2.75, 3.05) is 18.2 Å². The molecule has 1 saturated heterocycles. The highest BCUT2D eigenvalue weighted by Crippen LogP contribution is 2.39. The highest BCUT2D eigenvalue weighted by atomic mass is 79.9. The normalized spacial score (nSPS) is 26.9. The Balaban J connectivity index is 2.29. The van der Waals surface area contributed by atoms with Crippen molar-refractivity contribution in [2.24, 2.45) is 0 Å². The minimum absolute atomic E-state index is 0.181. The van der Waals surface area contributed by atoms with Crippen LogP contribution in [0, 0.1) is 0 Å². The van der Waals surface area contributed by atoms with Gasteiger partial charge in [-0.15, -0.1) is 0 Å². The van der Waals surface area contributed by atoms with E-state index in [1.54, 1.807) is 11.8 Å². The lowest BCUT2D eigenvalue weighted by Crippen LogP contribution is -2.51. The van der Waals surface area contributed by atoms with Crippen molar-refractivity contribution >= 4 is 39.3 Å². The first-order valence-electron chi connectivity index (χ1n) is 5.82. The molecule has 0 aliphatic carbocycles. The molecule has 5 heteroatoms. The molecule has 0 amide bonds. The fourth-order valence-corrected chi connectivity index (χ4v) is 3.98. The van der Waals surface area contributed by atoms with Crippen LogP contribution in [-0.4, -0.2) is 29.6 Å². The SMILES string of the molecule is COC(=O)C1(Nc2cccc(Br)c2)CCSC1C. The molecule has 1 aromatic carbocycles. The van der Waals surface area contributed by atoms with Gasteiger partial charge in [0, 0.05) is 15.4 Å². The molecule has 1 N–H and O–H groups in total. The third-order valence-corrected chi connectivity index (χ3v) is 5.14. The number of methoxy groups -OCH3 is 1. The fourth-order valence-electron chi connectivity index (χ4n) is 2.23. The molecule has 1 heterocycles. The van der Waals surface area contributed by atoms with Gasteiger partial charge in [-0.25, -0.2) is 4.79 Å². The molecular weight excluding hydrogens is 314 g/mol. The smallest absolute Gasteiger partial charge is 0.332 e. The maximum atomic E-state index is 12.1. The largest absolute Gasteiger partial charge is 0.467 e. The van der Waals surface area contributed by atoms with E-state index in [4.69, 9.17) is 4.74 Å². The monoisotopic (exact) mass is 329 g/mol. The molecule has 98 valence electrons. The van der Waals surface area contributed by atoms with Gasteiger partial charge in [0.05, 0.1) is 7.11 Å². The Labute approximate surface area is 120 Å². The van der Waals surface area contributed by atoms with Crippen LogP contribution in [0.2, 0.25) is 0 Å². The van der Waals surface area contributed by atoms with E-state index >= 15 is 0 Å². The number of hydrogen-bond donors (Lipinski definition) is 1. The van der Waals surface area contributed by atoms with Gasteiger partial charge in [0.25, 0.3) is 0 Å². The van der Waals surface area contributed by atoms with Crippen LogP contribution in [0.3, 0.4) is 0 Å². The van der Waals surface area contributed by atoms with Gasteiger partial charge >= 0.3 is 5.97 Å². The number of anilines is 1. The first-order valence-corrected chi connectivity index (χ1v) is 7.66. The van der Waals surface area contributed by atoms with Crippen LogP contribution >= 0.6 is 27.7 Å². The van der Waals surface area contributed by atoms with Crippen LogP contribution in [0.25, 0.3) is 0 Å². The lowest BCUT2D eigenvalue weighted by Gasteiger charge is -2.32. The molecule has 1 aliphatic heterocycles. The van der Waals surface area contributed by atoms with Crippen molar-refractivity contribution in [3.8, 4) is 0 Å². The highest BCUT2D eigenvalue weighted by Gasteiger charge is 2.48. The van der Waals surface area contributed by atoms with Gasteiger partial charge in [-0.3, -0.25) is 0 Å². The second-order valence-corrected chi connectivity index (χ2v) is 6.73. The van der Waals surface area contributed by atoms with Gasteiger partial charge in [-0.1, -0.05) is 28.9 Å². The Kier molecular flexibility index (Phi) is 4.22. The molecule has 2 atom stereocenters. The number of thioether (sulfide) groups is 1. The molecule has 1 aromatic rings. The highest BCUT2D eigenvalue weighted by molar-refractivity contribution is 9.10. The number of carbonyl (C=O) groups excluding carboxylic acids is 1. The van der Waals surface area contributed by atoms with Gasteiger partial charge in [0.15, 0.2) is 0 Å².